The van der Waals surface area contributed by atoms with Crippen molar-refractivity contribution in [2.75, 3.05) is 0 Å². The number of hydrogen-bond donors (Lipinski definition) is 1. The van der Waals surface area contributed by atoms with Crippen LogP contribution in [-0.2, 0) is 13.1 Å². The number of nitrogens with zero attached hydrogens (tertiary/aromatic N) is 1. The van der Waals surface area contributed by atoms with Gasteiger partial charge in [0.05, 0.1) is 0 Å². The summed E-state index contributed by atoms with van der Waals surface area (Å²) in [7, 11) is 0. The SMILES string of the molecule is CCCn1ccc(CNC(C)c2ccc(C(C)C)cc2)c1. The van der Waals surface area contributed by atoms with E-state index in [1.54, 1.807) is 0 Å². The summed E-state index contributed by atoms with van der Waals surface area (Å²) in [4.78, 5) is 0. The Kier molecular flexibility index (Phi) is 5.63. The first-order chi connectivity index (χ1) is 10.1. The first-order valence-corrected chi connectivity index (χ1v) is 8.08. The minimum atomic E-state index is 0.376. The molecule has 2 nitrogen and oxygen atoms in total. The Labute approximate surface area is 129 Å². The van der Waals surface area contributed by atoms with E-state index in [0.29, 0.717) is 12.0 Å². The zero-order chi connectivity index (χ0) is 15.2. The van der Waals surface area contributed by atoms with Gasteiger partial charge in [-0.15, -0.1) is 0 Å². The third-order valence-corrected chi connectivity index (χ3v) is 4.01. The molecule has 1 heterocycles. The summed E-state index contributed by atoms with van der Waals surface area (Å²) in [5.74, 6) is 0.598. The van der Waals surface area contributed by atoms with Crippen molar-refractivity contribution in [3.8, 4) is 0 Å². The lowest BCUT2D eigenvalue weighted by Gasteiger charge is -2.15. The minimum absolute atomic E-state index is 0.376. The number of rotatable bonds is 7. The summed E-state index contributed by atoms with van der Waals surface area (Å²) in [6.07, 6.45) is 5.59. The van der Waals surface area contributed by atoms with Gasteiger partial charge in [0.1, 0.15) is 0 Å². The fraction of sp³-hybridized carbons (Fsp3) is 0.474. The molecule has 1 unspecified atom stereocenters. The predicted molar refractivity (Wildman–Crippen MR) is 90.5 cm³/mol. The fourth-order valence-corrected chi connectivity index (χ4v) is 2.55. The van der Waals surface area contributed by atoms with E-state index in [0.717, 1.165) is 13.1 Å². The predicted octanol–water partition coefficient (Wildman–Crippen LogP) is 4.87. The summed E-state index contributed by atoms with van der Waals surface area (Å²) in [5, 5.41) is 3.61. The van der Waals surface area contributed by atoms with Crippen LogP contribution >= 0.6 is 0 Å². The number of aryl methyl sites for hydroxylation is 1. The Hall–Kier alpha value is -1.54. The summed E-state index contributed by atoms with van der Waals surface area (Å²) in [5.41, 5.74) is 4.11. The quantitative estimate of drug-likeness (QED) is 0.767. The van der Waals surface area contributed by atoms with Gasteiger partial charge in [0, 0.05) is 31.5 Å². The van der Waals surface area contributed by atoms with E-state index in [4.69, 9.17) is 0 Å². The first kappa shape index (κ1) is 15.8. The molecule has 114 valence electrons. The van der Waals surface area contributed by atoms with Crippen LogP contribution in [0, 0.1) is 0 Å². The third-order valence-electron chi connectivity index (χ3n) is 4.01. The smallest absolute Gasteiger partial charge is 0.0294 e. The highest BCUT2D eigenvalue weighted by atomic mass is 14.9. The number of hydrogen-bond acceptors (Lipinski definition) is 1. The second kappa shape index (κ2) is 7.46. The highest BCUT2D eigenvalue weighted by Crippen LogP contribution is 2.19. The monoisotopic (exact) mass is 284 g/mol. The molecular formula is C19H28N2. The van der Waals surface area contributed by atoms with Gasteiger partial charge in [0.25, 0.3) is 0 Å². The highest BCUT2D eigenvalue weighted by Gasteiger charge is 2.06. The second-order valence-electron chi connectivity index (χ2n) is 6.18. The maximum Gasteiger partial charge on any atom is 0.0294 e. The van der Waals surface area contributed by atoms with Crippen molar-refractivity contribution in [1.82, 2.24) is 9.88 Å². The third kappa shape index (κ3) is 4.47. The molecule has 0 fully saturated rings. The van der Waals surface area contributed by atoms with Gasteiger partial charge < -0.3 is 9.88 Å². The first-order valence-electron chi connectivity index (χ1n) is 8.08. The van der Waals surface area contributed by atoms with Gasteiger partial charge in [-0.2, -0.15) is 0 Å². The van der Waals surface area contributed by atoms with Crippen LogP contribution in [0.5, 0.6) is 0 Å². The standard InChI is InChI=1S/C19H28N2/c1-5-11-21-12-10-17(14-21)13-20-16(4)19-8-6-18(7-9-19)15(2)3/h6-10,12,14-16,20H,5,11,13H2,1-4H3. The minimum Gasteiger partial charge on any atom is -0.354 e. The largest absolute Gasteiger partial charge is 0.354 e. The highest BCUT2D eigenvalue weighted by molar-refractivity contribution is 5.26. The zero-order valence-electron chi connectivity index (χ0n) is 13.8. The van der Waals surface area contributed by atoms with Crippen molar-refractivity contribution in [2.24, 2.45) is 0 Å². The Morgan fingerprint density at radius 3 is 2.29 bits per heavy atom. The number of nitrogens with one attached hydrogen (secondary N) is 1. The molecule has 0 spiro atoms. The van der Waals surface area contributed by atoms with Crippen LogP contribution in [0.4, 0.5) is 0 Å². The van der Waals surface area contributed by atoms with Crippen LogP contribution in [0.1, 0.15) is 62.8 Å². The molecule has 1 aromatic heterocycles. The Morgan fingerprint density at radius 2 is 1.67 bits per heavy atom. The van der Waals surface area contributed by atoms with Crippen molar-refractivity contribution in [2.45, 2.75) is 59.2 Å². The average molecular weight is 284 g/mol. The lowest BCUT2D eigenvalue weighted by atomic mass is 9.99. The number of benzene rings is 1. The molecule has 0 aliphatic carbocycles. The van der Waals surface area contributed by atoms with E-state index in [1.807, 2.05) is 0 Å². The second-order valence-corrected chi connectivity index (χ2v) is 6.18. The van der Waals surface area contributed by atoms with Crippen LogP contribution in [0.25, 0.3) is 0 Å². The van der Waals surface area contributed by atoms with E-state index in [-0.39, 0.29) is 0 Å². The normalized spacial score (nSPS) is 12.8. The number of aromatic nitrogens is 1. The summed E-state index contributed by atoms with van der Waals surface area (Å²) in [6.45, 7) is 10.9. The maximum atomic E-state index is 3.61. The zero-order valence-corrected chi connectivity index (χ0v) is 13.8. The molecule has 0 amide bonds. The Bertz CT molecular complexity index is 537. The topological polar surface area (TPSA) is 17.0 Å². The lowest BCUT2D eigenvalue weighted by molar-refractivity contribution is 0.573. The Balaban J connectivity index is 1.89. The van der Waals surface area contributed by atoms with Crippen molar-refractivity contribution in [3.05, 3.63) is 59.4 Å². The van der Waals surface area contributed by atoms with Crippen LogP contribution in [-0.4, -0.2) is 4.57 Å². The van der Waals surface area contributed by atoms with Crippen LogP contribution in [0.15, 0.2) is 42.7 Å². The molecule has 2 heteroatoms. The van der Waals surface area contributed by atoms with E-state index in [2.05, 4.69) is 80.3 Å². The Morgan fingerprint density at radius 1 is 1.00 bits per heavy atom. The molecule has 1 atom stereocenters. The molecule has 0 bridgehead atoms. The van der Waals surface area contributed by atoms with Gasteiger partial charge in [-0.3, -0.25) is 0 Å². The molecule has 0 saturated carbocycles. The van der Waals surface area contributed by atoms with E-state index in [9.17, 15) is 0 Å². The van der Waals surface area contributed by atoms with Crippen LogP contribution in [0.2, 0.25) is 0 Å². The van der Waals surface area contributed by atoms with Crippen molar-refractivity contribution in [3.63, 3.8) is 0 Å². The fourth-order valence-electron chi connectivity index (χ4n) is 2.55. The molecule has 2 aromatic rings. The molecule has 1 aromatic carbocycles. The summed E-state index contributed by atoms with van der Waals surface area (Å²) in [6, 6.07) is 11.6. The van der Waals surface area contributed by atoms with Crippen molar-refractivity contribution in [1.29, 1.82) is 0 Å². The molecule has 21 heavy (non-hydrogen) atoms. The molecular weight excluding hydrogens is 256 g/mol. The van der Waals surface area contributed by atoms with Gasteiger partial charge in [-0.1, -0.05) is 45.0 Å². The molecule has 0 radical (unpaired) electrons. The van der Waals surface area contributed by atoms with Crippen molar-refractivity contribution >= 4 is 0 Å². The average Bonchev–Trinajstić information content (AvgIpc) is 2.93. The molecule has 2 rings (SSSR count). The summed E-state index contributed by atoms with van der Waals surface area (Å²) < 4.78 is 2.26. The van der Waals surface area contributed by atoms with Gasteiger partial charge in [-0.25, -0.2) is 0 Å². The molecule has 0 aliphatic rings. The van der Waals surface area contributed by atoms with E-state index < -0.39 is 0 Å². The summed E-state index contributed by atoms with van der Waals surface area (Å²) >= 11 is 0. The van der Waals surface area contributed by atoms with Gasteiger partial charge in [0.15, 0.2) is 0 Å². The van der Waals surface area contributed by atoms with Crippen molar-refractivity contribution < 1.29 is 0 Å². The molecule has 1 N–H and O–H groups in total. The van der Waals surface area contributed by atoms with E-state index in [1.165, 1.54) is 23.1 Å². The van der Waals surface area contributed by atoms with Crippen LogP contribution < -0.4 is 5.32 Å². The van der Waals surface area contributed by atoms with Gasteiger partial charge in [0.2, 0.25) is 0 Å². The van der Waals surface area contributed by atoms with Gasteiger partial charge >= 0.3 is 0 Å². The molecule has 0 saturated heterocycles. The maximum absolute atomic E-state index is 3.61. The van der Waals surface area contributed by atoms with Crippen LogP contribution in [0.3, 0.4) is 0 Å². The lowest BCUT2D eigenvalue weighted by Crippen LogP contribution is -2.17. The molecule has 0 aliphatic heterocycles. The van der Waals surface area contributed by atoms with E-state index >= 15 is 0 Å². The van der Waals surface area contributed by atoms with Gasteiger partial charge in [-0.05, 0) is 42.0 Å².